The normalized spacial score (nSPS) is 12.8. The van der Waals surface area contributed by atoms with Gasteiger partial charge in [-0.25, -0.2) is 13.1 Å². The molecule has 7 nitrogen and oxygen atoms in total. The smallest absolute Gasteiger partial charge is 0.239 e. The Balaban J connectivity index is 1.54. The molecule has 25 heavy (non-hydrogen) atoms. The molecule has 0 spiro atoms. The van der Waals surface area contributed by atoms with Gasteiger partial charge in [-0.15, -0.1) is 0 Å². The highest BCUT2D eigenvalue weighted by molar-refractivity contribution is 7.88. The SMILES string of the molecule is Cc1cccc(CS(=O)(=O)NCC(=O)Nc2ccc3c(c2)OCO3)c1. The fourth-order valence-electron chi connectivity index (χ4n) is 2.43. The van der Waals surface area contributed by atoms with Crippen LogP contribution in [0.2, 0.25) is 0 Å². The maximum absolute atomic E-state index is 12.1. The van der Waals surface area contributed by atoms with Gasteiger partial charge >= 0.3 is 0 Å². The van der Waals surface area contributed by atoms with Gasteiger partial charge in [0, 0.05) is 11.8 Å². The maximum Gasteiger partial charge on any atom is 0.239 e. The second kappa shape index (κ2) is 7.12. The molecule has 2 N–H and O–H groups in total. The van der Waals surface area contributed by atoms with Crippen LogP contribution >= 0.6 is 0 Å². The molecule has 0 saturated carbocycles. The van der Waals surface area contributed by atoms with Crippen LogP contribution in [0.15, 0.2) is 42.5 Å². The van der Waals surface area contributed by atoms with Crippen molar-refractivity contribution >= 4 is 21.6 Å². The van der Waals surface area contributed by atoms with Gasteiger partial charge in [0.05, 0.1) is 12.3 Å². The summed E-state index contributed by atoms with van der Waals surface area (Å²) in [5.74, 6) is 0.507. The van der Waals surface area contributed by atoms with Crippen molar-refractivity contribution in [1.82, 2.24) is 4.72 Å². The van der Waals surface area contributed by atoms with Crippen molar-refractivity contribution in [2.24, 2.45) is 0 Å². The second-order valence-corrected chi connectivity index (χ2v) is 7.49. The summed E-state index contributed by atoms with van der Waals surface area (Å²) in [4.78, 5) is 12.0. The summed E-state index contributed by atoms with van der Waals surface area (Å²) in [5, 5.41) is 2.62. The molecule has 1 aliphatic heterocycles. The van der Waals surface area contributed by atoms with E-state index in [0.29, 0.717) is 22.7 Å². The van der Waals surface area contributed by atoms with Gasteiger partial charge in [-0.3, -0.25) is 4.79 Å². The Morgan fingerprint density at radius 3 is 2.72 bits per heavy atom. The van der Waals surface area contributed by atoms with Crippen LogP contribution in [0.25, 0.3) is 0 Å². The van der Waals surface area contributed by atoms with E-state index in [-0.39, 0.29) is 19.1 Å². The molecule has 0 bridgehead atoms. The standard InChI is InChI=1S/C17H18N2O5S/c1-12-3-2-4-13(7-12)10-25(21,22)18-9-17(20)19-14-5-6-15-16(8-14)24-11-23-15/h2-8,18H,9-11H2,1H3,(H,19,20). The van der Waals surface area contributed by atoms with Gasteiger partial charge in [-0.1, -0.05) is 29.8 Å². The van der Waals surface area contributed by atoms with Crippen molar-refractivity contribution in [3.8, 4) is 11.5 Å². The zero-order chi connectivity index (χ0) is 17.9. The largest absolute Gasteiger partial charge is 0.454 e. The van der Waals surface area contributed by atoms with Gasteiger partial charge in [0.15, 0.2) is 11.5 Å². The van der Waals surface area contributed by atoms with Crippen molar-refractivity contribution in [2.75, 3.05) is 18.7 Å². The predicted molar refractivity (Wildman–Crippen MR) is 93.0 cm³/mol. The molecule has 0 radical (unpaired) electrons. The highest BCUT2D eigenvalue weighted by Crippen LogP contribution is 2.34. The van der Waals surface area contributed by atoms with Gasteiger partial charge < -0.3 is 14.8 Å². The van der Waals surface area contributed by atoms with E-state index in [4.69, 9.17) is 9.47 Å². The van der Waals surface area contributed by atoms with E-state index in [1.165, 1.54) is 0 Å². The number of carbonyl (C=O) groups is 1. The Kier molecular flexibility index (Phi) is 4.91. The Hall–Kier alpha value is -2.58. The number of benzene rings is 2. The third kappa shape index (κ3) is 4.71. The molecule has 8 heteroatoms. The number of aryl methyl sites for hydroxylation is 1. The monoisotopic (exact) mass is 362 g/mol. The molecule has 0 saturated heterocycles. The highest BCUT2D eigenvalue weighted by atomic mass is 32.2. The molecule has 0 atom stereocenters. The molecule has 0 aliphatic carbocycles. The Morgan fingerprint density at radius 1 is 1.12 bits per heavy atom. The van der Waals surface area contributed by atoms with Gasteiger partial charge in [0.1, 0.15) is 0 Å². The summed E-state index contributed by atoms with van der Waals surface area (Å²) in [5.41, 5.74) is 2.16. The van der Waals surface area contributed by atoms with E-state index in [1.807, 2.05) is 13.0 Å². The first-order valence-corrected chi connectivity index (χ1v) is 9.29. The number of hydrogen-bond acceptors (Lipinski definition) is 5. The molecule has 2 aromatic carbocycles. The number of fused-ring (bicyclic) bond motifs is 1. The fourth-order valence-corrected chi connectivity index (χ4v) is 3.50. The van der Waals surface area contributed by atoms with E-state index in [9.17, 15) is 13.2 Å². The minimum absolute atomic E-state index is 0.144. The van der Waals surface area contributed by atoms with Crippen LogP contribution in [0.4, 0.5) is 5.69 Å². The Labute approximate surface area is 146 Å². The molecule has 0 unspecified atom stereocenters. The van der Waals surface area contributed by atoms with E-state index in [1.54, 1.807) is 36.4 Å². The zero-order valence-electron chi connectivity index (χ0n) is 13.6. The van der Waals surface area contributed by atoms with Crippen LogP contribution in [0.3, 0.4) is 0 Å². The minimum Gasteiger partial charge on any atom is -0.454 e. The number of ether oxygens (including phenoxy) is 2. The summed E-state index contributed by atoms with van der Waals surface area (Å²) in [7, 11) is -3.60. The first-order valence-electron chi connectivity index (χ1n) is 7.64. The van der Waals surface area contributed by atoms with Gasteiger partial charge in [-0.05, 0) is 24.6 Å². The average Bonchev–Trinajstić information content (AvgIpc) is 3.00. The maximum atomic E-state index is 12.1. The first kappa shape index (κ1) is 17.2. The van der Waals surface area contributed by atoms with Crippen molar-refractivity contribution in [1.29, 1.82) is 0 Å². The van der Waals surface area contributed by atoms with Crippen LogP contribution in [-0.4, -0.2) is 27.7 Å². The van der Waals surface area contributed by atoms with Crippen LogP contribution in [-0.2, 0) is 20.6 Å². The molecule has 3 rings (SSSR count). The van der Waals surface area contributed by atoms with Gasteiger partial charge in [0.25, 0.3) is 0 Å². The number of hydrogen-bond donors (Lipinski definition) is 2. The zero-order valence-corrected chi connectivity index (χ0v) is 14.4. The molecule has 1 heterocycles. The topological polar surface area (TPSA) is 93.7 Å². The summed E-state index contributed by atoms with van der Waals surface area (Å²) >= 11 is 0. The summed E-state index contributed by atoms with van der Waals surface area (Å²) < 4.78 is 36.9. The average molecular weight is 362 g/mol. The molecule has 1 amide bonds. The number of amides is 1. The van der Waals surface area contributed by atoms with E-state index < -0.39 is 15.9 Å². The van der Waals surface area contributed by atoms with E-state index >= 15 is 0 Å². The van der Waals surface area contributed by atoms with Gasteiger partial charge in [0.2, 0.25) is 22.7 Å². The van der Waals surface area contributed by atoms with E-state index in [0.717, 1.165) is 5.56 Å². The first-order chi connectivity index (χ1) is 11.9. The lowest BCUT2D eigenvalue weighted by atomic mass is 10.2. The summed E-state index contributed by atoms with van der Waals surface area (Å²) in [6, 6.07) is 12.2. The molecular formula is C17H18N2O5S. The molecule has 0 fully saturated rings. The third-order valence-corrected chi connectivity index (χ3v) is 4.85. The quantitative estimate of drug-likeness (QED) is 0.817. The third-order valence-electron chi connectivity index (χ3n) is 3.55. The molecular weight excluding hydrogens is 344 g/mol. The van der Waals surface area contributed by atoms with Crippen LogP contribution < -0.4 is 19.5 Å². The number of carbonyl (C=O) groups excluding carboxylic acids is 1. The Morgan fingerprint density at radius 2 is 1.92 bits per heavy atom. The molecule has 0 aromatic heterocycles. The highest BCUT2D eigenvalue weighted by Gasteiger charge is 2.16. The van der Waals surface area contributed by atoms with Crippen LogP contribution in [0.1, 0.15) is 11.1 Å². The second-order valence-electron chi connectivity index (χ2n) is 5.69. The van der Waals surface area contributed by atoms with Crippen molar-refractivity contribution in [3.63, 3.8) is 0 Å². The predicted octanol–water partition coefficient (Wildman–Crippen LogP) is 1.78. The fraction of sp³-hybridized carbons (Fsp3) is 0.235. The van der Waals surface area contributed by atoms with Crippen molar-refractivity contribution in [2.45, 2.75) is 12.7 Å². The lowest BCUT2D eigenvalue weighted by Crippen LogP contribution is -2.33. The van der Waals surface area contributed by atoms with Gasteiger partial charge in [-0.2, -0.15) is 0 Å². The van der Waals surface area contributed by atoms with Crippen LogP contribution in [0.5, 0.6) is 11.5 Å². The van der Waals surface area contributed by atoms with E-state index in [2.05, 4.69) is 10.0 Å². The summed E-state index contributed by atoms with van der Waals surface area (Å²) in [6.45, 7) is 1.69. The van der Waals surface area contributed by atoms with Crippen molar-refractivity contribution < 1.29 is 22.7 Å². The number of sulfonamides is 1. The number of anilines is 1. The lowest BCUT2D eigenvalue weighted by Gasteiger charge is -2.09. The molecule has 2 aromatic rings. The van der Waals surface area contributed by atoms with Crippen LogP contribution in [0, 0.1) is 6.92 Å². The molecule has 132 valence electrons. The number of rotatable bonds is 6. The number of nitrogens with one attached hydrogen (secondary N) is 2. The lowest BCUT2D eigenvalue weighted by molar-refractivity contribution is -0.115. The Bertz CT molecular complexity index is 896. The molecule has 1 aliphatic rings. The minimum atomic E-state index is -3.60. The van der Waals surface area contributed by atoms with Crippen molar-refractivity contribution in [3.05, 3.63) is 53.6 Å². The summed E-state index contributed by atoms with van der Waals surface area (Å²) in [6.07, 6.45) is 0.